The van der Waals surface area contributed by atoms with Crippen molar-refractivity contribution in [2.24, 2.45) is 0 Å². The summed E-state index contributed by atoms with van der Waals surface area (Å²) in [6.07, 6.45) is 0.932. The van der Waals surface area contributed by atoms with Gasteiger partial charge >= 0.3 is 0 Å². The summed E-state index contributed by atoms with van der Waals surface area (Å²) in [4.78, 5) is 12.9. The predicted molar refractivity (Wildman–Crippen MR) is 98.4 cm³/mol. The quantitative estimate of drug-likeness (QED) is 0.561. The van der Waals surface area contributed by atoms with E-state index in [2.05, 4.69) is 23.3 Å². The van der Waals surface area contributed by atoms with Gasteiger partial charge in [-0.15, -0.1) is 0 Å². The van der Waals surface area contributed by atoms with Crippen molar-refractivity contribution in [1.82, 2.24) is 15.0 Å². The van der Waals surface area contributed by atoms with Crippen LogP contribution in [0.2, 0.25) is 0 Å². The van der Waals surface area contributed by atoms with Crippen molar-refractivity contribution in [3.8, 4) is 11.4 Å². The highest BCUT2D eigenvalue weighted by atomic mass is 15.1. The summed E-state index contributed by atoms with van der Waals surface area (Å²) in [5, 5.41) is 4.43. The second-order valence-electron chi connectivity index (χ2n) is 5.66. The molecule has 0 aliphatic rings. The number of fused-ring (bicyclic) bond motifs is 1. The van der Waals surface area contributed by atoms with Crippen LogP contribution in [-0.2, 0) is 6.42 Å². The van der Waals surface area contributed by atoms with Crippen molar-refractivity contribution in [2.75, 3.05) is 5.32 Å². The lowest BCUT2D eigenvalue weighted by Gasteiger charge is -2.09. The molecule has 0 bridgehead atoms. The fraction of sp³-hybridized carbons (Fsp3) is 0.100. The van der Waals surface area contributed by atoms with E-state index in [1.54, 1.807) is 0 Å². The monoisotopic (exact) mass is 314 g/mol. The Morgan fingerprint density at radius 3 is 2.33 bits per heavy atom. The van der Waals surface area contributed by atoms with Crippen LogP contribution in [0.5, 0.6) is 0 Å². The lowest BCUT2D eigenvalue weighted by atomic mass is 10.2. The number of benzene rings is 2. The van der Waals surface area contributed by atoms with Crippen LogP contribution in [0.4, 0.5) is 11.5 Å². The van der Waals surface area contributed by atoms with Gasteiger partial charge in [-0.05, 0) is 24.6 Å². The number of anilines is 2. The van der Waals surface area contributed by atoms with Crippen LogP contribution in [0.3, 0.4) is 0 Å². The van der Waals surface area contributed by atoms with Gasteiger partial charge in [0.15, 0.2) is 5.82 Å². The van der Waals surface area contributed by atoms with Gasteiger partial charge in [0.2, 0.25) is 0 Å². The second kappa shape index (κ2) is 6.16. The van der Waals surface area contributed by atoms with E-state index >= 15 is 0 Å². The van der Waals surface area contributed by atoms with Crippen molar-refractivity contribution in [1.29, 1.82) is 0 Å². The Kier molecular flexibility index (Phi) is 3.71. The Labute approximate surface area is 140 Å². The number of aryl methyl sites for hydroxylation is 1. The molecule has 4 aromatic rings. The van der Waals surface area contributed by atoms with Crippen molar-refractivity contribution in [3.05, 3.63) is 72.4 Å². The lowest BCUT2D eigenvalue weighted by Crippen LogP contribution is -1.98. The SMILES string of the molecule is CCc1cc2c(Nc3ccccc3)nc(-c3ccccc3)nc2[nH]1. The molecule has 2 aromatic carbocycles. The fourth-order valence-electron chi connectivity index (χ4n) is 2.72. The third kappa shape index (κ3) is 2.74. The van der Waals surface area contributed by atoms with Gasteiger partial charge < -0.3 is 10.3 Å². The van der Waals surface area contributed by atoms with E-state index in [-0.39, 0.29) is 0 Å². The van der Waals surface area contributed by atoms with Gasteiger partial charge in [0.05, 0.1) is 5.39 Å². The third-order valence-electron chi connectivity index (χ3n) is 3.99. The number of hydrogen-bond donors (Lipinski definition) is 2. The van der Waals surface area contributed by atoms with Gasteiger partial charge in [-0.25, -0.2) is 9.97 Å². The zero-order valence-electron chi connectivity index (χ0n) is 13.5. The molecule has 0 aliphatic heterocycles. The molecule has 24 heavy (non-hydrogen) atoms. The minimum Gasteiger partial charge on any atom is -0.343 e. The molecule has 0 spiro atoms. The van der Waals surface area contributed by atoms with Crippen LogP contribution in [-0.4, -0.2) is 15.0 Å². The molecule has 0 atom stereocenters. The lowest BCUT2D eigenvalue weighted by molar-refractivity contribution is 1.07. The highest BCUT2D eigenvalue weighted by Crippen LogP contribution is 2.28. The molecule has 2 aromatic heterocycles. The molecule has 0 amide bonds. The molecule has 0 aliphatic carbocycles. The molecule has 0 radical (unpaired) electrons. The molecule has 2 N–H and O–H groups in total. The van der Waals surface area contributed by atoms with E-state index in [1.165, 1.54) is 0 Å². The van der Waals surface area contributed by atoms with E-state index in [9.17, 15) is 0 Å². The maximum atomic E-state index is 4.77. The summed E-state index contributed by atoms with van der Waals surface area (Å²) in [5.74, 6) is 1.53. The highest BCUT2D eigenvalue weighted by molar-refractivity contribution is 5.91. The van der Waals surface area contributed by atoms with Gasteiger partial charge in [-0.1, -0.05) is 55.5 Å². The van der Waals surface area contributed by atoms with E-state index in [4.69, 9.17) is 9.97 Å². The number of nitrogens with one attached hydrogen (secondary N) is 2. The summed E-state index contributed by atoms with van der Waals surface area (Å²) >= 11 is 0. The normalized spacial score (nSPS) is 10.9. The van der Waals surface area contributed by atoms with Crippen LogP contribution in [0.15, 0.2) is 66.7 Å². The molecule has 4 heteroatoms. The summed E-state index contributed by atoms with van der Waals surface area (Å²) in [7, 11) is 0. The number of rotatable bonds is 4. The molecule has 0 saturated carbocycles. The maximum absolute atomic E-state index is 4.77. The molecule has 118 valence electrons. The van der Waals surface area contributed by atoms with Crippen molar-refractivity contribution < 1.29 is 0 Å². The number of hydrogen-bond acceptors (Lipinski definition) is 3. The molecule has 0 fully saturated rings. The Morgan fingerprint density at radius 2 is 1.62 bits per heavy atom. The molecular formula is C20H18N4. The summed E-state index contributed by atoms with van der Waals surface area (Å²) in [6.45, 7) is 2.13. The first-order valence-corrected chi connectivity index (χ1v) is 8.10. The molecule has 2 heterocycles. The number of nitrogens with zero attached hydrogens (tertiary/aromatic N) is 2. The minimum atomic E-state index is 0.714. The number of aromatic amines is 1. The van der Waals surface area contributed by atoms with Crippen LogP contribution in [0.1, 0.15) is 12.6 Å². The van der Waals surface area contributed by atoms with Gasteiger partial charge in [-0.2, -0.15) is 0 Å². The average molecular weight is 314 g/mol. The maximum Gasteiger partial charge on any atom is 0.163 e. The smallest absolute Gasteiger partial charge is 0.163 e. The standard InChI is InChI=1S/C20H18N4/c1-2-15-13-17-19(21-15)23-18(14-9-5-3-6-10-14)24-20(17)22-16-11-7-4-8-12-16/h3-13H,2H2,1H3,(H2,21,22,23,24). The first-order chi connectivity index (χ1) is 11.8. The summed E-state index contributed by atoms with van der Waals surface area (Å²) < 4.78 is 0. The number of para-hydroxylation sites is 1. The molecule has 0 saturated heterocycles. The van der Waals surface area contributed by atoms with Crippen LogP contribution in [0.25, 0.3) is 22.4 Å². The van der Waals surface area contributed by atoms with Gasteiger partial charge in [-0.3, -0.25) is 0 Å². The zero-order chi connectivity index (χ0) is 16.4. The van der Waals surface area contributed by atoms with Crippen molar-refractivity contribution in [3.63, 3.8) is 0 Å². The Morgan fingerprint density at radius 1 is 0.917 bits per heavy atom. The summed E-state index contributed by atoms with van der Waals surface area (Å²) in [5.41, 5.74) is 4.03. The number of aromatic nitrogens is 3. The Bertz CT molecular complexity index is 959. The van der Waals surface area contributed by atoms with E-state index in [1.807, 2.05) is 60.7 Å². The van der Waals surface area contributed by atoms with Crippen LogP contribution >= 0.6 is 0 Å². The van der Waals surface area contributed by atoms with E-state index in [0.29, 0.717) is 5.82 Å². The fourth-order valence-corrected chi connectivity index (χ4v) is 2.72. The molecule has 4 rings (SSSR count). The van der Waals surface area contributed by atoms with E-state index < -0.39 is 0 Å². The zero-order valence-corrected chi connectivity index (χ0v) is 13.5. The Balaban J connectivity index is 1.87. The second-order valence-corrected chi connectivity index (χ2v) is 5.66. The molecular weight excluding hydrogens is 296 g/mol. The first kappa shape index (κ1) is 14.5. The van der Waals surface area contributed by atoms with Crippen molar-refractivity contribution in [2.45, 2.75) is 13.3 Å². The van der Waals surface area contributed by atoms with Crippen LogP contribution in [0, 0.1) is 0 Å². The van der Waals surface area contributed by atoms with E-state index in [0.717, 1.165) is 40.2 Å². The number of H-pyrrole nitrogens is 1. The van der Waals surface area contributed by atoms with Gasteiger partial charge in [0.1, 0.15) is 11.5 Å². The molecule has 4 nitrogen and oxygen atoms in total. The highest BCUT2D eigenvalue weighted by Gasteiger charge is 2.12. The van der Waals surface area contributed by atoms with Gasteiger partial charge in [0.25, 0.3) is 0 Å². The Hall–Kier alpha value is -3.14. The van der Waals surface area contributed by atoms with Crippen LogP contribution < -0.4 is 5.32 Å². The van der Waals surface area contributed by atoms with Gasteiger partial charge in [0, 0.05) is 16.9 Å². The third-order valence-corrected chi connectivity index (χ3v) is 3.99. The molecule has 0 unspecified atom stereocenters. The predicted octanol–water partition coefficient (Wildman–Crippen LogP) is 4.93. The minimum absolute atomic E-state index is 0.714. The first-order valence-electron chi connectivity index (χ1n) is 8.10. The topological polar surface area (TPSA) is 53.6 Å². The summed E-state index contributed by atoms with van der Waals surface area (Å²) in [6, 6.07) is 22.2. The largest absolute Gasteiger partial charge is 0.343 e. The average Bonchev–Trinajstić information content (AvgIpc) is 3.07. The van der Waals surface area contributed by atoms with Crippen molar-refractivity contribution >= 4 is 22.5 Å².